The summed E-state index contributed by atoms with van der Waals surface area (Å²) in [5.41, 5.74) is 2.37. The maximum atomic E-state index is 14.2. The summed E-state index contributed by atoms with van der Waals surface area (Å²) in [6.45, 7) is 9.77. The molecule has 0 aliphatic carbocycles. The summed E-state index contributed by atoms with van der Waals surface area (Å²) in [5.74, 6) is -0.188. The fourth-order valence-corrected chi connectivity index (χ4v) is 3.03. The third kappa shape index (κ3) is 6.58. The van der Waals surface area contributed by atoms with E-state index in [1.54, 1.807) is 25.1 Å². The highest BCUT2D eigenvalue weighted by atomic mass is 19.1. The molecule has 30 heavy (non-hydrogen) atoms. The number of carbonyl (C=O) groups excluding carboxylic acids is 2. The van der Waals surface area contributed by atoms with Gasteiger partial charge < -0.3 is 15.0 Å². The number of hydrogen-bond donors (Lipinski definition) is 1. The minimum absolute atomic E-state index is 0.0159. The number of hydrogen-bond acceptors (Lipinski definition) is 3. The van der Waals surface area contributed by atoms with Crippen molar-refractivity contribution in [2.45, 2.75) is 47.2 Å². The highest BCUT2D eigenvalue weighted by molar-refractivity contribution is 5.88. The molecule has 0 aliphatic rings. The summed E-state index contributed by atoms with van der Waals surface area (Å²) < 4.78 is 19.9. The van der Waals surface area contributed by atoms with Crippen LogP contribution in [-0.4, -0.2) is 35.9 Å². The number of nitrogens with zero attached hydrogens (tertiary/aromatic N) is 1. The summed E-state index contributed by atoms with van der Waals surface area (Å²) in [6.07, 6.45) is 0. The molecule has 2 aromatic carbocycles. The molecule has 6 heteroatoms. The van der Waals surface area contributed by atoms with Gasteiger partial charge in [0.25, 0.3) is 5.91 Å². The first kappa shape index (κ1) is 23.4. The zero-order valence-electron chi connectivity index (χ0n) is 18.4. The van der Waals surface area contributed by atoms with Gasteiger partial charge in [-0.1, -0.05) is 49.7 Å². The minimum Gasteiger partial charge on any atom is -0.483 e. The molecule has 0 fully saturated rings. The average molecular weight is 415 g/mol. The van der Waals surface area contributed by atoms with Crippen molar-refractivity contribution in [1.29, 1.82) is 0 Å². The van der Waals surface area contributed by atoms with Gasteiger partial charge in [-0.05, 0) is 44.4 Å². The topological polar surface area (TPSA) is 58.6 Å². The Morgan fingerprint density at radius 3 is 2.43 bits per heavy atom. The van der Waals surface area contributed by atoms with E-state index < -0.39 is 11.9 Å². The number of rotatable bonds is 9. The first-order chi connectivity index (χ1) is 14.2. The van der Waals surface area contributed by atoms with Crippen LogP contribution in [0.1, 0.15) is 37.5 Å². The Morgan fingerprint density at radius 1 is 1.10 bits per heavy atom. The molecule has 0 saturated carbocycles. The van der Waals surface area contributed by atoms with Crippen LogP contribution in [0.5, 0.6) is 5.75 Å². The maximum Gasteiger partial charge on any atom is 0.261 e. The van der Waals surface area contributed by atoms with E-state index >= 15 is 0 Å². The van der Waals surface area contributed by atoms with Crippen LogP contribution < -0.4 is 10.1 Å². The van der Waals surface area contributed by atoms with Gasteiger partial charge in [-0.2, -0.15) is 0 Å². The molecule has 0 aliphatic heterocycles. The van der Waals surface area contributed by atoms with E-state index in [4.69, 9.17) is 4.74 Å². The Bertz CT molecular complexity index is 883. The molecular weight excluding hydrogens is 383 g/mol. The Hall–Kier alpha value is -2.89. The zero-order chi connectivity index (χ0) is 22.3. The normalized spacial score (nSPS) is 11.8. The number of carbonyl (C=O) groups is 2. The monoisotopic (exact) mass is 414 g/mol. The number of benzene rings is 2. The molecule has 0 unspecified atom stereocenters. The summed E-state index contributed by atoms with van der Waals surface area (Å²) in [7, 11) is 0. The minimum atomic E-state index is -0.765. The number of nitrogens with one attached hydrogen (secondary N) is 1. The van der Waals surface area contributed by atoms with E-state index in [1.807, 2.05) is 45.9 Å². The molecule has 0 saturated heterocycles. The van der Waals surface area contributed by atoms with E-state index in [0.717, 1.165) is 11.1 Å². The van der Waals surface area contributed by atoms with Gasteiger partial charge in [-0.3, -0.25) is 9.59 Å². The van der Waals surface area contributed by atoms with Gasteiger partial charge in [-0.15, -0.1) is 0 Å². The van der Waals surface area contributed by atoms with Crippen LogP contribution in [0.3, 0.4) is 0 Å². The third-order valence-corrected chi connectivity index (χ3v) is 4.83. The SMILES string of the molecule is Cc1ccc(OCC(=O)N(Cc2ccccc2F)[C@H](C)C(=O)NCC(C)C)c(C)c1. The van der Waals surface area contributed by atoms with Crippen LogP contribution in [0.25, 0.3) is 0 Å². The Labute approximate surface area is 178 Å². The van der Waals surface area contributed by atoms with Crippen molar-refractivity contribution in [2.75, 3.05) is 13.2 Å². The van der Waals surface area contributed by atoms with Crippen molar-refractivity contribution in [3.63, 3.8) is 0 Å². The first-order valence-electron chi connectivity index (χ1n) is 10.2. The lowest BCUT2D eigenvalue weighted by atomic mass is 10.1. The molecule has 2 aromatic rings. The van der Waals surface area contributed by atoms with Crippen LogP contribution in [0, 0.1) is 25.6 Å². The van der Waals surface area contributed by atoms with Gasteiger partial charge in [0, 0.05) is 18.7 Å². The fourth-order valence-electron chi connectivity index (χ4n) is 3.03. The predicted octanol–water partition coefficient (Wildman–Crippen LogP) is 4.01. The van der Waals surface area contributed by atoms with Crippen molar-refractivity contribution in [1.82, 2.24) is 10.2 Å². The summed E-state index contributed by atoms with van der Waals surface area (Å²) in [4.78, 5) is 26.9. The highest BCUT2D eigenvalue weighted by Gasteiger charge is 2.27. The van der Waals surface area contributed by atoms with Crippen molar-refractivity contribution in [3.8, 4) is 5.75 Å². The van der Waals surface area contributed by atoms with E-state index in [2.05, 4.69) is 5.32 Å². The fraction of sp³-hybridized carbons (Fsp3) is 0.417. The number of amides is 2. The highest BCUT2D eigenvalue weighted by Crippen LogP contribution is 2.19. The maximum absolute atomic E-state index is 14.2. The molecule has 2 rings (SSSR count). The molecule has 0 spiro atoms. The second kappa shape index (κ2) is 10.8. The molecule has 162 valence electrons. The smallest absolute Gasteiger partial charge is 0.261 e. The van der Waals surface area contributed by atoms with Gasteiger partial charge in [-0.25, -0.2) is 4.39 Å². The van der Waals surface area contributed by atoms with Gasteiger partial charge in [0.2, 0.25) is 5.91 Å². The largest absolute Gasteiger partial charge is 0.483 e. The lowest BCUT2D eigenvalue weighted by Gasteiger charge is -2.29. The van der Waals surface area contributed by atoms with Gasteiger partial charge in [0.15, 0.2) is 6.61 Å². The zero-order valence-corrected chi connectivity index (χ0v) is 18.4. The van der Waals surface area contributed by atoms with Crippen molar-refractivity contribution < 1.29 is 18.7 Å². The summed E-state index contributed by atoms with van der Waals surface area (Å²) in [6, 6.07) is 11.2. The summed E-state index contributed by atoms with van der Waals surface area (Å²) in [5, 5.41) is 2.84. The van der Waals surface area contributed by atoms with Gasteiger partial charge in [0.05, 0.1) is 0 Å². The van der Waals surface area contributed by atoms with Crippen LogP contribution in [0.4, 0.5) is 4.39 Å². The van der Waals surface area contributed by atoms with E-state index in [-0.39, 0.29) is 30.9 Å². The Kier molecular flexibility index (Phi) is 8.39. The van der Waals surface area contributed by atoms with E-state index in [9.17, 15) is 14.0 Å². The Balaban J connectivity index is 2.17. The number of ether oxygens (including phenoxy) is 1. The molecule has 0 bridgehead atoms. The average Bonchev–Trinajstić information content (AvgIpc) is 2.70. The van der Waals surface area contributed by atoms with Crippen LogP contribution in [-0.2, 0) is 16.1 Å². The van der Waals surface area contributed by atoms with E-state index in [0.29, 0.717) is 17.9 Å². The van der Waals surface area contributed by atoms with E-state index in [1.165, 1.54) is 11.0 Å². The summed E-state index contributed by atoms with van der Waals surface area (Å²) >= 11 is 0. The predicted molar refractivity (Wildman–Crippen MR) is 116 cm³/mol. The molecule has 5 nitrogen and oxygen atoms in total. The molecule has 2 amide bonds. The molecule has 0 heterocycles. The molecule has 0 aromatic heterocycles. The molecular formula is C24H31FN2O3. The van der Waals surface area contributed by atoms with Crippen molar-refractivity contribution >= 4 is 11.8 Å². The van der Waals surface area contributed by atoms with Crippen LogP contribution in [0.15, 0.2) is 42.5 Å². The lowest BCUT2D eigenvalue weighted by Crippen LogP contribution is -2.49. The number of aryl methyl sites for hydroxylation is 2. The van der Waals surface area contributed by atoms with Gasteiger partial charge >= 0.3 is 0 Å². The van der Waals surface area contributed by atoms with Crippen LogP contribution >= 0.6 is 0 Å². The molecule has 1 atom stereocenters. The molecule has 0 radical (unpaired) electrons. The van der Waals surface area contributed by atoms with Gasteiger partial charge in [0.1, 0.15) is 17.6 Å². The second-order valence-corrected chi connectivity index (χ2v) is 7.99. The van der Waals surface area contributed by atoms with Crippen LogP contribution in [0.2, 0.25) is 0 Å². The molecule has 1 N–H and O–H groups in total. The van der Waals surface area contributed by atoms with Crippen molar-refractivity contribution in [2.24, 2.45) is 5.92 Å². The van der Waals surface area contributed by atoms with Crippen molar-refractivity contribution in [3.05, 3.63) is 65.0 Å². The number of halogens is 1. The first-order valence-corrected chi connectivity index (χ1v) is 10.2. The Morgan fingerprint density at radius 2 is 1.80 bits per heavy atom. The third-order valence-electron chi connectivity index (χ3n) is 4.83. The quantitative estimate of drug-likeness (QED) is 0.674. The standard InChI is InChI=1S/C24H31FN2O3/c1-16(2)13-26-24(29)19(5)27(14-20-8-6-7-9-21(20)25)23(28)15-30-22-11-10-17(3)12-18(22)4/h6-12,16,19H,13-15H2,1-5H3,(H,26,29)/t19-/m1/s1. The second-order valence-electron chi connectivity index (χ2n) is 7.99. The lowest BCUT2D eigenvalue weighted by molar-refractivity contribution is -0.142.